The summed E-state index contributed by atoms with van der Waals surface area (Å²) in [6.07, 6.45) is 0. The van der Waals surface area contributed by atoms with E-state index in [1.165, 1.54) is 0 Å². The molecule has 0 aromatic heterocycles. The van der Waals surface area contributed by atoms with E-state index in [1.807, 2.05) is 0 Å². The fourth-order valence-corrected chi connectivity index (χ4v) is 0. The second kappa shape index (κ2) is 201. The molecular weight excluding hydrogens is 252 g/mol. The van der Waals surface area contributed by atoms with E-state index in [4.69, 9.17) is 0 Å². The van der Waals surface area contributed by atoms with Gasteiger partial charge in [-0.3, -0.25) is 0 Å². The zero-order chi connectivity index (χ0) is 0. The molecule has 5 nitrogen and oxygen atoms in total. The van der Waals surface area contributed by atoms with E-state index < -0.39 is 0 Å². The van der Waals surface area contributed by atoms with E-state index in [-0.39, 0.29) is 98.6 Å². The first kappa shape index (κ1) is 273. The van der Waals surface area contributed by atoms with Crippen LogP contribution in [0.5, 0.6) is 0 Å². The molecule has 0 unspecified atom stereocenters. The molecule has 0 aromatic rings. The molecular formula is CoLiMnO5V-5. The van der Waals surface area contributed by atoms with Crippen molar-refractivity contribution in [3.05, 3.63) is 0 Å². The molecule has 0 fully saturated rings. The second-order valence-corrected chi connectivity index (χ2v) is 0. The van der Waals surface area contributed by atoms with Gasteiger partial charge in [-0.05, 0) is 0 Å². The van der Waals surface area contributed by atoms with Crippen LogP contribution in [0.25, 0.3) is 0 Å². The van der Waals surface area contributed by atoms with Crippen LogP contribution in [-0.4, -0.2) is 0 Å². The summed E-state index contributed by atoms with van der Waals surface area (Å²) in [6, 6.07) is 0. The van der Waals surface area contributed by atoms with Gasteiger partial charge in [-0.15, -0.1) is 0 Å². The minimum Gasteiger partial charge on any atom is -2.00 e. The molecule has 0 rings (SSSR count). The van der Waals surface area contributed by atoms with Crippen molar-refractivity contribution >= 4 is 0 Å². The SMILES string of the molecule is [Co+2].[Li+].[Mn+2].[O-2].[O-2].[O-2].[O-2].[O-2].[V]. The molecule has 0 amide bonds. The Labute approximate surface area is 98.0 Å². The molecule has 0 atom stereocenters. The quantitative estimate of drug-likeness (QED) is 0.392. The van der Waals surface area contributed by atoms with Crippen molar-refractivity contribution in [2.24, 2.45) is 0 Å². The summed E-state index contributed by atoms with van der Waals surface area (Å²) in [7, 11) is 0. The third kappa shape index (κ3) is 159. The van der Waals surface area contributed by atoms with Crippen molar-refractivity contribution in [1.82, 2.24) is 0 Å². The van der Waals surface area contributed by atoms with Crippen LogP contribution in [-0.2, 0) is 79.8 Å². The van der Waals surface area contributed by atoms with Crippen LogP contribution in [0.4, 0.5) is 0 Å². The predicted molar refractivity (Wildman–Crippen MR) is 3.43 cm³/mol. The third-order valence-electron chi connectivity index (χ3n) is 0. The molecule has 0 aliphatic carbocycles. The van der Waals surface area contributed by atoms with Crippen LogP contribution in [0.2, 0.25) is 0 Å². The molecule has 0 saturated carbocycles. The van der Waals surface area contributed by atoms with Gasteiger partial charge in [0.15, 0.2) is 0 Å². The number of rotatable bonds is 0. The van der Waals surface area contributed by atoms with Crippen LogP contribution >= 0.6 is 0 Å². The fraction of sp³-hybridized carbons (Fsp3) is 0. The molecule has 9 heteroatoms. The maximum atomic E-state index is 0. The molecule has 0 aromatic carbocycles. The fourth-order valence-electron chi connectivity index (χ4n) is 0. The Morgan fingerprint density at radius 2 is 0.556 bits per heavy atom. The maximum absolute atomic E-state index is 0. The smallest absolute Gasteiger partial charge is 2.00 e. The van der Waals surface area contributed by atoms with Gasteiger partial charge in [-0.1, -0.05) is 0 Å². The molecule has 0 N–H and O–H groups in total. The topological polar surface area (TPSA) is 142 Å². The monoisotopic (exact) mass is 252 g/mol. The maximum Gasteiger partial charge on any atom is 2.00 e. The Hall–Kier alpha value is 2.01. The first-order valence-electron chi connectivity index (χ1n) is 0. The largest absolute Gasteiger partial charge is 2.00 e. The van der Waals surface area contributed by atoms with E-state index in [0.29, 0.717) is 0 Å². The number of hydrogen-bond donors (Lipinski definition) is 0. The van der Waals surface area contributed by atoms with Gasteiger partial charge in [0.25, 0.3) is 0 Å². The van der Waals surface area contributed by atoms with Gasteiger partial charge >= 0.3 is 52.7 Å². The molecule has 0 spiro atoms. The standard InChI is InChI=1S/Co.Li.Mn.5O.V/q+2;+1;+2;5*-2;. The van der Waals surface area contributed by atoms with Crippen molar-refractivity contribution in [2.45, 2.75) is 0 Å². The summed E-state index contributed by atoms with van der Waals surface area (Å²) in [4.78, 5) is 0. The van der Waals surface area contributed by atoms with E-state index in [9.17, 15) is 0 Å². The molecule has 0 aliphatic heterocycles. The first-order chi connectivity index (χ1) is 0. The van der Waals surface area contributed by atoms with E-state index in [2.05, 4.69) is 0 Å². The molecule has 0 aliphatic rings. The van der Waals surface area contributed by atoms with Crippen LogP contribution in [0.3, 0.4) is 0 Å². The van der Waals surface area contributed by atoms with Gasteiger partial charge in [-0.2, -0.15) is 0 Å². The Morgan fingerprint density at radius 1 is 0.556 bits per heavy atom. The molecule has 0 heterocycles. The van der Waals surface area contributed by atoms with E-state index in [0.717, 1.165) is 0 Å². The Balaban J connectivity index is 0. The van der Waals surface area contributed by atoms with Crippen LogP contribution in [0.15, 0.2) is 0 Å². The summed E-state index contributed by atoms with van der Waals surface area (Å²) < 4.78 is 0. The summed E-state index contributed by atoms with van der Waals surface area (Å²) in [5.74, 6) is 0. The summed E-state index contributed by atoms with van der Waals surface area (Å²) in [6.45, 7) is 0. The van der Waals surface area contributed by atoms with Crippen molar-refractivity contribution in [1.29, 1.82) is 0 Å². The summed E-state index contributed by atoms with van der Waals surface area (Å²) >= 11 is 0. The average molecular weight is 252 g/mol. The Morgan fingerprint density at radius 3 is 0.556 bits per heavy atom. The first-order valence-corrected chi connectivity index (χ1v) is 0. The number of hydrogen-bond acceptors (Lipinski definition) is 0. The zero-order valence-corrected chi connectivity index (χ0v) is 7.82. The molecule has 57 valence electrons. The molecule has 3 radical (unpaired) electrons. The average Bonchev–Trinajstić information content (AvgIpc) is 0. The summed E-state index contributed by atoms with van der Waals surface area (Å²) in [5.41, 5.74) is 0. The van der Waals surface area contributed by atoms with Crippen molar-refractivity contribution in [2.75, 3.05) is 0 Å². The van der Waals surface area contributed by atoms with Gasteiger partial charge in [-0.25, -0.2) is 0 Å². The van der Waals surface area contributed by atoms with Gasteiger partial charge in [0.2, 0.25) is 0 Å². The minimum absolute atomic E-state index is 0. The zero-order valence-electron chi connectivity index (χ0n) is 4.20. The molecule has 0 saturated heterocycles. The predicted octanol–water partition coefficient (Wildman–Crippen LogP) is -3.60. The van der Waals surface area contributed by atoms with Crippen molar-refractivity contribution < 1.29 is 98.6 Å². The second-order valence-electron chi connectivity index (χ2n) is 0. The molecule has 9 heavy (non-hydrogen) atoms. The Kier molecular flexibility index (Phi) is 6120. The van der Waals surface area contributed by atoms with Crippen LogP contribution in [0, 0.1) is 0 Å². The normalized spacial score (nSPS) is 0. The van der Waals surface area contributed by atoms with Crippen molar-refractivity contribution in [3.63, 3.8) is 0 Å². The van der Waals surface area contributed by atoms with Gasteiger partial charge < -0.3 is 27.4 Å². The van der Waals surface area contributed by atoms with Gasteiger partial charge in [0.05, 0.1) is 0 Å². The molecule has 0 bridgehead atoms. The van der Waals surface area contributed by atoms with Gasteiger partial charge in [0.1, 0.15) is 0 Å². The van der Waals surface area contributed by atoms with E-state index in [1.54, 1.807) is 0 Å². The van der Waals surface area contributed by atoms with Crippen molar-refractivity contribution in [3.8, 4) is 0 Å². The van der Waals surface area contributed by atoms with Crippen LogP contribution < -0.4 is 18.9 Å². The van der Waals surface area contributed by atoms with Crippen LogP contribution in [0.1, 0.15) is 0 Å². The Bertz CT molecular complexity index is 16.9. The van der Waals surface area contributed by atoms with Gasteiger partial charge in [0, 0.05) is 18.6 Å². The minimum atomic E-state index is 0. The third-order valence-corrected chi connectivity index (χ3v) is 0. The van der Waals surface area contributed by atoms with E-state index >= 15 is 0 Å². The summed E-state index contributed by atoms with van der Waals surface area (Å²) in [5, 5.41) is 0.